The summed E-state index contributed by atoms with van der Waals surface area (Å²) in [6.07, 6.45) is 2.23. The Morgan fingerprint density at radius 3 is 2.64 bits per heavy atom. The van der Waals surface area contributed by atoms with Gasteiger partial charge >= 0.3 is 5.97 Å². The number of ether oxygens (including phenoxy) is 2. The second-order valence-corrected chi connectivity index (χ2v) is 7.05. The highest BCUT2D eigenvalue weighted by atomic mass is 16.5. The molecule has 1 aliphatic heterocycles. The third kappa shape index (κ3) is 4.51. The maximum atomic E-state index is 13.2. The molecule has 1 amide bonds. The van der Waals surface area contributed by atoms with Gasteiger partial charge in [-0.2, -0.15) is 5.10 Å². The maximum Gasteiger partial charge on any atom is 0.308 e. The van der Waals surface area contributed by atoms with Crippen LogP contribution >= 0.6 is 0 Å². The van der Waals surface area contributed by atoms with Gasteiger partial charge in [-0.15, -0.1) is 0 Å². The molecule has 1 aliphatic rings. The number of likely N-dealkylation sites (tertiary alicyclic amines) is 1. The van der Waals surface area contributed by atoms with Gasteiger partial charge in [0.05, 0.1) is 24.4 Å². The van der Waals surface area contributed by atoms with Gasteiger partial charge in [0.2, 0.25) is 0 Å². The molecule has 150 valence electrons. The minimum atomic E-state index is -0.879. The first-order valence-electron chi connectivity index (χ1n) is 9.28. The Balaban J connectivity index is 1.88. The van der Waals surface area contributed by atoms with E-state index in [4.69, 9.17) is 9.47 Å². The van der Waals surface area contributed by atoms with Crippen molar-refractivity contribution in [1.82, 2.24) is 14.7 Å². The van der Waals surface area contributed by atoms with Gasteiger partial charge in [-0.1, -0.05) is 25.1 Å². The van der Waals surface area contributed by atoms with Gasteiger partial charge in [0.15, 0.2) is 11.4 Å². The van der Waals surface area contributed by atoms with Gasteiger partial charge in [-0.25, -0.2) is 4.68 Å². The van der Waals surface area contributed by atoms with E-state index in [0.717, 1.165) is 5.69 Å². The van der Waals surface area contributed by atoms with Crippen molar-refractivity contribution in [2.45, 2.75) is 13.3 Å². The van der Waals surface area contributed by atoms with Crippen LogP contribution < -0.4 is 4.74 Å². The first kappa shape index (κ1) is 19.9. The number of hydrogen-bond acceptors (Lipinski definition) is 5. The largest absolute Gasteiger partial charge is 0.487 e. The van der Waals surface area contributed by atoms with Crippen LogP contribution in [0.4, 0.5) is 0 Å². The number of aliphatic carboxylic acids is 1. The van der Waals surface area contributed by atoms with Gasteiger partial charge in [-0.3, -0.25) is 9.59 Å². The zero-order valence-corrected chi connectivity index (χ0v) is 16.1. The van der Waals surface area contributed by atoms with Gasteiger partial charge < -0.3 is 19.5 Å². The monoisotopic (exact) mass is 387 g/mol. The Hall–Kier alpha value is -2.87. The molecule has 2 unspecified atom stereocenters. The lowest BCUT2D eigenvalue weighted by Gasteiger charge is -2.34. The summed E-state index contributed by atoms with van der Waals surface area (Å²) in [6, 6.07) is 9.42. The average Bonchev–Trinajstić information content (AvgIpc) is 3.12. The van der Waals surface area contributed by atoms with Crippen molar-refractivity contribution < 1.29 is 24.2 Å². The van der Waals surface area contributed by atoms with E-state index in [0.29, 0.717) is 25.3 Å². The summed E-state index contributed by atoms with van der Waals surface area (Å²) in [4.78, 5) is 26.2. The molecule has 3 rings (SSSR count). The van der Waals surface area contributed by atoms with Crippen LogP contribution in [0.15, 0.2) is 36.5 Å². The summed E-state index contributed by atoms with van der Waals surface area (Å²) < 4.78 is 12.3. The van der Waals surface area contributed by atoms with E-state index in [1.165, 1.54) is 0 Å². The number of piperidine rings is 1. The second kappa shape index (κ2) is 8.88. The minimum absolute atomic E-state index is 0.105. The number of carboxylic acid groups (broad SMARTS) is 1. The highest BCUT2D eigenvalue weighted by molar-refractivity contribution is 5.95. The number of hydrogen-bond donors (Lipinski definition) is 1. The summed E-state index contributed by atoms with van der Waals surface area (Å²) in [7, 11) is 1.57. The number of carboxylic acids is 1. The lowest BCUT2D eigenvalue weighted by molar-refractivity contribution is -0.143. The summed E-state index contributed by atoms with van der Waals surface area (Å²) in [5.41, 5.74) is 0.978. The van der Waals surface area contributed by atoms with Crippen molar-refractivity contribution in [1.29, 1.82) is 0 Å². The molecule has 2 atom stereocenters. The van der Waals surface area contributed by atoms with Crippen molar-refractivity contribution in [3.8, 4) is 11.4 Å². The number of benzene rings is 1. The van der Waals surface area contributed by atoms with Crippen LogP contribution in [0, 0.1) is 11.8 Å². The summed E-state index contributed by atoms with van der Waals surface area (Å²) >= 11 is 0. The van der Waals surface area contributed by atoms with Crippen molar-refractivity contribution >= 4 is 11.9 Å². The van der Waals surface area contributed by atoms with Crippen molar-refractivity contribution in [2.75, 3.05) is 33.4 Å². The third-order valence-electron chi connectivity index (χ3n) is 4.75. The third-order valence-corrected chi connectivity index (χ3v) is 4.75. The number of rotatable bonds is 7. The fourth-order valence-corrected chi connectivity index (χ4v) is 3.41. The first-order chi connectivity index (χ1) is 13.5. The van der Waals surface area contributed by atoms with E-state index >= 15 is 0 Å². The van der Waals surface area contributed by atoms with Crippen molar-refractivity contribution in [3.05, 3.63) is 42.2 Å². The molecule has 2 heterocycles. The van der Waals surface area contributed by atoms with Crippen LogP contribution in [-0.4, -0.2) is 65.1 Å². The number of carbonyl (C=O) groups excluding carboxylic acids is 1. The SMILES string of the molecule is COCCOc1cn(-c2ccccc2)nc1C(=O)N1CC(C)CC(C(=O)O)C1. The zero-order valence-electron chi connectivity index (χ0n) is 16.1. The number of aromatic nitrogens is 2. The predicted molar refractivity (Wildman–Crippen MR) is 102 cm³/mol. The van der Waals surface area contributed by atoms with Gasteiger partial charge in [0, 0.05) is 20.2 Å². The normalized spacial score (nSPS) is 19.4. The Morgan fingerprint density at radius 1 is 1.21 bits per heavy atom. The molecule has 2 aromatic rings. The number of para-hydroxylation sites is 1. The van der Waals surface area contributed by atoms with Crippen LogP contribution in [0.25, 0.3) is 5.69 Å². The molecule has 1 saturated heterocycles. The molecule has 1 fully saturated rings. The number of methoxy groups -OCH3 is 1. The smallest absolute Gasteiger partial charge is 0.308 e. The van der Waals surface area contributed by atoms with Crippen molar-refractivity contribution in [2.24, 2.45) is 11.8 Å². The number of nitrogens with zero attached hydrogens (tertiary/aromatic N) is 3. The van der Waals surface area contributed by atoms with E-state index in [2.05, 4.69) is 5.10 Å². The van der Waals surface area contributed by atoms with Gasteiger partial charge in [0.25, 0.3) is 5.91 Å². The molecule has 8 nitrogen and oxygen atoms in total. The average molecular weight is 387 g/mol. The first-order valence-corrected chi connectivity index (χ1v) is 9.28. The van der Waals surface area contributed by atoms with E-state index < -0.39 is 11.9 Å². The van der Waals surface area contributed by atoms with Crippen LogP contribution in [0.5, 0.6) is 5.75 Å². The molecule has 0 spiro atoms. The maximum absolute atomic E-state index is 13.2. The van der Waals surface area contributed by atoms with Gasteiger partial charge in [0.1, 0.15) is 6.61 Å². The molecule has 1 aromatic carbocycles. The second-order valence-electron chi connectivity index (χ2n) is 7.05. The highest BCUT2D eigenvalue weighted by Gasteiger charge is 2.34. The Bertz CT molecular complexity index is 821. The lowest BCUT2D eigenvalue weighted by atomic mass is 9.90. The molecule has 28 heavy (non-hydrogen) atoms. The zero-order chi connectivity index (χ0) is 20.1. The fraction of sp³-hybridized carbons (Fsp3) is 0.450. The molecule has 0 aliphatic carbocycles. The summed E-state index contributed by atoms with van der Waals surface area (Å²) in [5.74, 6) is -1.30. The minimum Gasteiger partial charge on any atom is -0.487 e. The summed E-state index contributed by atoms with van der Waals surface area (Å²) in [5, 5.41) is 13.8. The van der Waals surface area contributed by atoms with Crippen LogP contribution in [0.3, 0.4) is 0 Å². The standard InChI is InChI=1S/C20H25N3O5/c1-14-10-15(20(25)26)12-22(11-14)19(24)18-17(28-9-8-27-2)13-23(21-18)16-6-4-3-5-7-16/h3-7,13-15H,8-12H2,1-2H3,(H,25,26). The van der Waals surface area contributed by atoms with E-state index in [9.17, 15) is 14.7 Å². The Morgan fingerprint density at radius 2 is 1.96 bits per heavy atom. The topological polar surface area (TPSA) is 93.9 Å². The van der Waals surface area contributed by atoms with Crippen LogP contribution in [0.2, 0.25) is 0 Å². The molecule has 0 radical (unpaired) electrons. The molecule has 0 saturated carbocycles. The quantitative estimate of drug-likeness (QED) is 0.731. The Labute approximate surface area is 163 Å². The predicted octanol–water partition coefficient (Wildman–Crippen LogP) is 2.08. The van der Waals surface area contributed by atoms with Crippen LogP contribution in [0.1, 0.15) is 23.8 Å². The molecule has 8 heteroatoms. The van der Waals surface area contributed by atoms with E-state index in [-0.39, 0.29) is 30.7 Å². The van der Waals surface area contributed by atoms with E-state index in [1.807, 2.05) is 37.3 Å². The van der Waals surface area contributed by atoms with Gasteiger partial charge in [-0.05, 0) is 24.5 Å². The molecule has 0 bridgehead atoms. The van der Waals surface area contributed by atoms with Crippen LogP contribution in [-0.2, 0) is 9.53 Å². The fourth-order valence-electron chi connectivity index (χ4n) is 3.41. The lowest BCUT2D eigenvalue weighted by Crippen LogP contribution is -2.45. The summed E-state index contributed by atoms with van der Waals surface area (Å²) in [6.45, 7) is 3.29. The van der Waals surface area contributed by atoms with Crippen molar-refractivity contribution in [3.63, 3.8) is 0 Å². The number of amides is 1. The molecular weight excluding hydrogens is 362 g/mol. The van der Waals surface area contributed by atoms with E-state index in [1.54, 1.807) is 22.9 Å². The Kier molecular flexibility index (Phi) is 6.30. The number of carbonyl (C=O) groups is 2. The molecule has 1 aromatic heterocycles. The molecular formula is C20H25N3O5. The highest BCUT2D eigenvalue weighted by Crippen LogP contribution is 2.26. The molecule has 1 N–H and O–H groups in total.